The van der Waals surface area contributed by atoms with E-state index in [1.165, 1.54) is 0 Å². The van der Waals surface area contributed by atoms with Gasteiger partial charge in [-0.05, 0) is 43.2 Å². The van der Waals surface area contributed by atoms with E-state index < -0.39 is 0 Å². The topological polar surface area (TPSA) is 71.3 Å². The fourth-order valence-corrected chi connectivity index (χ4v) is 3.26. The summed E-state index contributed by atoms with van der Waals surface area (Å²) in [7, 11) is 0. The molecular weight excluding hydrogens is 388 g/mol. The second kappa shape index (κ2) is 8.53. The predicted molar refractivity (Wildman–Crippen MR) is 113 cm³/mol. The van der Waals surface area contributed by atoms with Gasteiger partial charge in [-0.1, -0.05) is 41.9 Å². The minimum atomic E-state index is -0.178. The van der Waals surface area contributed by atoms with Crippen molar-refractivity contribution in [3.63, 3.8) is 0 Å². The molecule has 3 aromatic rings. The Balaban J connectivity index is 1.31. The van der Waals surface area contributed by atoms with Gasteiger partial charge in [-0.3, -0.25) is 9.59 Å². The molecule has 2 amide bonds. The number of furan rings is 1. The third-order valence-electron chi connectivity index (χ3n) is 4.73. The van der Waals surface area contributed by atoms with Gasteiger partial charge in [0.2, 0.25) is 5.91 Å². The Morgan fingerprint density at radius 3 is 2.55 bits per heavy atom. The van der Waals surface area contributed by atoms with Gasteiger partial charge in [0.1, 0.15) is 11.5 Å². The molecule has 0 unspecified atom stereocenters. The number of aryl methyl sites for hydroxylation is 1. The summed E-state index contributed by atoms with van der Waals surface area (Å²) in [5, 5.41) is 6.04. The second-order valence-electron chi connectivity index (χ2n) is 7.12. The molecule has 1 fully saturated rings. The van der Waals surface area contributed by atoms with Crippen molar-refractivity contribution in [2.45, 2.75) is 31.7 Å². The van der Waals surface area contributed by atoms with E-state index >= 15 is 0 Å². The van der Waals surface area contributed by atoms with E-state index in [9.17, 15) is 9.59 Å². The normalized spacial score (nSPS) is 13.1. The maximum Gasteiger partial charge on any atom is 0.253 e. The van der Waals surface area contributed by atoms with Gasteiger partial charge in [-0.25, -0.2) is 0 Å². The highest BCUT2D eigenvalue weighted by Gasteiger charge is 2.24. The van der Waals surface area contributed by atoms with Crippen LogP contribution in [0.4, 0.5) is 5.69 Å². The molecule has 1 aliphatic carbocycles. The van der Waals surface area contributed by atoms with Crippen LogP contribution in [0.1, 0.15) is 35.4 Å². The number of benzene rings is 2. The highest BCUT2D eigenvalue weighted by atomic mass is 35.5. The number of carbonyl (C=O) groups excluding carboxylic acids is 2. The van der Waals surface area contributed by atoms with Gasteiger partial charge in [0.25, 0.3) is 5.91 Å². The number of nitrogens with one attached hydrogen (secondary N) is 2. The lowest BCUT2D eigenvalue weighted by atomic mass is 10.1. The molecule has 5 nitrogen and oxygen atoms in total. The number of hydrogen-bond acceptors (Lipinski definition) is 3. The van der Waals surface area contributed by atoms with E-state index in [0.717, 1.165) is 29.9 Å². The average Bonchev–Trinajstić information content (AvgIpc) is 3.40. The van der Waals surface area contributed by atoms with Crippen molar-refractivity contribution in [3.05, 3.63) is 77.0 Å². The zero-order valence-electron chi connectivity index (χ0n) is 15.8. The zero-order valence-corrected chi connectivity index (χ0v) is 16.5. The Morgan fingerprint density at radius 1 is 1.03 bits per heavy atom. The first kappa shape index (κ1) is 19.3. The van der Waals surface area contributed by atoms with Crippen LogP contribution in [0.5, 0.6) is 0 Å². The fraction of sp³-hybridized carbons (Fsp3) is 0.217. The van der Waals surface area contributed by atoms with Crippen LogP contribution in [0.2, 0.25) is 5.02 Å². The Morgan fingerprint density at radius 2 is 1.83 bits per heavy atom. The van der Waals surface area contributed by atoms with Gasteiger partial charge in [0, 0.05) is 30.1 Å². The molecule has 2 aromatic carbocycles. The highest BCUT2D eigenvalue weighted by molar-refractivity contribution is 6.34. The van der Waals surface area contributed by atoms with Crippen LogP contribution < -0.4 is 10.6 Å². The van der Waals surface area contributed by atoms with Gasteiger partial charge < -0.3 is 15.1 Å². The fourth-order valence-electron chi connectivity index (χ4n) is 3.00. The number of carbonyl (C=O) groups is 2. The lowest BCUT2D eigenvalue weighted by Gasteiger charge is -2.09. The third-order valence-corrected chi connectivity index (χ3v) is 5.04. The summed E-state index contributed by atoms with van der Waals surface area (Å²) in [6.07, 6.45) is 2.80. The van der Waals surface area contributed by atoms with Crippen molar-refractivity contribution < 1.29 is 14.0 Å². The quantitative estimate of drug-likeness (QED) is 0.573. The lowest BCUT2D eigenvalue weighted by Crippen LogP contribution is -2.25. The second-order valence-corrected chi connectivity index (χ2v) is 7.53. The van der Waals surface area contributed by atoms with Crippen LogP contribution in [-0.2, 0) is 11.2 Å². The molecule has 0 atom stereocenters. The first-order valence-corrected chi connectivity index (χ1v) is 10.0. The number of halogens is 1. The van der Waals surface area contributed by atoms with Crippen LogP contribution in [0.3, 0.4) is 0 Å². The summed E-state index contributed by atoms with van der Waals surface area (Å²) < 4.78 is 5.82. The molecule has 0 saturated heterocycles. The van der Waals surface area contributed by atoms with E-state index in [1.807, 2.05) is 42.5 Å². The van der Waals surface area contributed by atoms with E-state index in [2.05, 4.69) is 10.6 Å². The van der Waals surface area contributed by atoms with E-state index in [1.54, 1.807) is 18.2 Å². The van der Waals surface area contributed by atoms with Crippen molar-refractivity contribution in [2.75, 3.05) is 5.32 Å². The van der Waals surface area contributed by atoms with Crippen LogP contribution in [0.25, 0.3) is 11.3 Å². The molecule has 148 valence electrons. The maximum atomic E-state index is 12.3. The van der Waals surface area contributed by atoms with Crippen LogP contribution in [0.15, 0.2) is 65.1 Å². The predicted octanol–water partition coefficient (Wildman–Crippen LogP) is 5.06. The molecule has 29 heavy (non-hydrogen) atoms. The van der Waals surface area contributed by atoms with Gasteiger partial charge >= 0.3 is 0 Å². The van der Waals surface area contributed by atoms with Crippen molar-refractivity contribution in [3.8, 4) is 11.3 Å². The van der Waals surface area contributed by atoms with Crippen LogP contribution >= 0.6 is 11.6 Å². The summed E-state index contributed by atoms with van der Waals surface area (Å²) in [6, 6.07) is 18.8. The molecular formula is C23H21ClN2O3. The molecule has 6 heteroatoms. The summed E-state index contributed by atoms with van der Waals surface area (Å²) in [4.78, 5) is 24.4. The average molecular weight is 409 g/mol. The maximum absolute atomic E-state index is 12.3. The Hall–Kier alpha value is -3.05. The molecule has 1 aliphatic rings. The molecule has 4 rings (SSSR count). The SMILES string of the molecule is O=C(CCc1ccc(-c2ccccc2)o1)Nc1ccc(C(=O)NC2CC2)c(Cl)c1. The van der Waals surface area contributed by atoms with Crippen molar-refractivity contribution in [1.29, 1.82) is 0 Å². The number of rotatable bonds is 7. The summed E-state index contributed by atoms with van der Waals surface area (Å²) in [5.41, 5.74) is 1.98. The van der Waals surface area contributed by atoms with E-state index in [-0.39, 0.29) is 24.3 Å². The smallest absolute Gasteiger partial charge is 0.253 e. The van der Waals surface area contributed by atoms with E-state index in [4.69, 9.17) is 16.0 Å². The van der Waals surface area contributed by atoms with Gasteiger partial charge in [0.15, 0.2) is 0 Å². The Kier molecular flexibility index (Phi) is 5.67. The number of amides is 2. The zero-order chi connectivity index (χ0) is 20.2. The number of hydrogen-bond donors (Lipinski definition) is 2. The molecule has 0 bridgehead atoms. The van der Waals surface area contributed by atoms with E-state index in [0.29, 0.717) is 22.7 Å². The van der Waals surface area contributed by atoms with Crippen molar-refractivity contribution >= 4 is 29.1 Å². The van der Waals surface area contributed by atoms with Gasteiger partial charge in [0.05, 0.1) is 10.6 Å². The highest BCUT2D eigenvalue weighted by Crippen LogP contribution is 2.25. The minimum Gasteiger partial charge on any atom is -0.461 e. The molecule has 0 spiro atoms. The molecule has 0 aliphatic heterocycles. The lowest BCUT2D eigenvalue weighted by molar-refractivity contribution is -0.116. The van der Waals surface area contributed by atoms with Gasteiger partial charge in [-0.2, -0.15) is 0 Å². The van der Waals surface area contributed by atoms with Crippen molar-refractivity contribution in [1.82, 2.24) is 5.32 Å². The summed E-state index contributed by atoms with van der Waals surface area (Å²) >= 11 is 6.22. The molecule has 2 N–H and O–H groups in total. The standard InChI is InChI=1S/C23H21ClN2O3/c24-20-14-17(8-11-19(20)23(28)26-16-6-7-16)25-22(27)13-10-18-9-12-21(29-18)15-4-2-1-3-5-15/h1-5,8-9,11-12,14,16H,6-7,10,13H2,(H,25,27)(H,26,28). The van der Waals surface area contributed by atoms with Crippen LogP contribution in [0, 0.1) is 0 Å². The monoisotopic (exact) mass is 408 g/mol. The molecule has 1 saturated carbocycles. The number of anilines is 1. The first-order valence-electron chi connectivity index (χ1n) is 9.63. The van der Waals surface area contributed by atoms with Crippen LogP contribution in [-0.4, -0.2) is 17.9 Å². The third kappa shape index (κ3) is 5.06. The van der Waals surface area contributed by atoms with Gasteiger partial charge in [-0.15, -0.1) is 0 Å². The summed E-state index contributed by atoms with van der Waals surface area (Å²) in [6.45, 7) is 0. The molecule has 1 heterocycles. The molecule has 0 radical (unpaired) electrons. The summed E-state index contributed by atoms with van der Waals surface area (Å²) in [5.74, 6) is 1.22. The Labute approximate surface area is 174 Å². The largest absolute Gasteiger partial charge is 0.461 e. The molecule has 1 aromatic heterocycles. The van der Waals surface area contributed by atoms with Crippen molar-refractivity contribution in [2.24, 2.45) is 0 Å². The Bertz CT molecular complexity index is 1030. The first-order chi connectivity index (χ1) is 14.1. The minimum absolute atomic E-state index is 0.145.